The van der Waals surface area contributed by atoms with Crippen molar-refractivity contribution in [3.8, 4) is 0 Å². The zero-order valence-electron chi connectivity index (χ0n) is 12.4. The van der Waals surface area contributed by atoms with Gasteiger partial charge in [0.1, 0.15) is 10.7 Å². The molecule has 0 saturated carbocycles. The Kier molecular flexibility index (Phi) is 7.55. The summed E-state index contributed by atoms with van der Waals surface area (Å²) in [5.41, 5.74) is 0. The minimum absolute atomic E-state index is 0. The summed E-state index contributed by atoms with van der Waals surface area (Å²) in [6, 6.07) is 3.62. The average Bonchev–Trinajstić information content (AvgIpc) is 2.48. The lowest BCUT2D eigenvalue weighted by molar-refractivity contribution is 0.262. The first-order valence-electron chi connectivity index (χ1n) is 7.05. The molecule has 1 N–H and O–H groups in total. The molecule has 22 heavy (non-hydrogen) atoms. The van der Waals surface area contributed by atoms with Gasteiger partial charge in [0.25, 0.3) is 0 Å². The van der Waals surface area contributed by atoms with E-state index in [1.807, 2.05) is 7.05 Å². The van der Waals surface area contributed by atoms with Gasteiger partial charge < -0.3 is 5.32 Å². The van der Waals surface area contributed by atoms with E-state index in [9.17, 15) is 12.8 Å². The van der Waals surface area contributed by atoms with E-state index in [0.29, 0.717) is 19.0 Å². The van der Waals surface area contributed by atoms with Crippen LogP contribution < -0.4 is 5.32 Å². The number of halogens is 3. The predicted molar refractivity (Wildman–Crippen MR) is 88.7 cm³/mol. The second kappa shape index (κ2) is 8.45. The van der Waals surface area contributed by atoms with E-state index in [4.69, 9.17) is 11.6 Å². The van der Waals surface area contributed by atoms with Gasteiger partial charge in [-0.3, -0.25) is 0 Å². The monoisotopic (exact) mass is 370 g/mol. The molecule has 4 nitrogen and oxygen atoms in total. The molecular formula is C14H21Cl2FN2O2S. The van der Waals surface area contributed by atoms with Crippen LogP contribution in [0, 0.1) is 11.7 Å². The van der Waals surface area contributed by atoms with Gasteiger partial charge in [0, 0.05) is 18.1 Å². The SMILES string of the molecule is CNCCC1CCN(S(=O)(=O)c2cc(Cl)ccc2F)CC1.Cl. The van der Waals surface area contributed by atoms with Crippen molar-refractivity contribution in [2.45, 2.75) is 24.2 Å². The lowest BCUT2D eigenvalue weighted by Gasteiger charge is -2.31. The van der Waals surface area contributed by atoms with Gasteiger partial charge in [-0.25, -0.2) is 12.8 Å². The molecule has 1 aliphatic rings. The molecule has 1 aromatic rings. The minimum atomic E-state index is -3.80. The van der Waals surface area contributed by atoms with E-state index >= 15 is 0 Å². The van der Waals surface area contributed by atoms with Crippen LogP contribution in [0.3, 0.4) is 0 Å². The van der Waals surface area contributed by atoms with Gasteiger partial charge in [-0.05, 0) is 57.0 Å². The summed E-state index contributed by atoms with van der Waals surface area (Å²) < 4.78 is 40.1. The highest BCUT2D eigenvalue weighted by atomic mass is 35.5. The number of hydrogen-bond donors (Lipinski definition) is 1. The fraction of sp³-hybridized carbons (Fsp3) is 0.571. The van der Waals surface area contributed by atoms with Gasteiger partial charge in [-0.2, -0.15) is 4.31 Å². The average molecular weight is 371 g/mol. The van der Waals surface area contributed by atoms with Crippen molar-refractivity contribution in [2.75, 3.05) is 26.7 Å². The molecule has 1 heterocycles. The van der Waals surface area contributed by atoms with Crippen LogP contribution in [-0.4, -0.2) is 39.4 Å². The summed E-state index contributed by atoms with van der Waals surface area (Å²) >= 11 is 5.79. The highest BCUT2D eigenvalue weighted by Gasteiger charge is 2.31. The first kappa shape index (κ1) is 19.6. The number of nitrogens with one attached hydrogen (secondary N) is 1. The maximum Gasteiger partial charge on any atom is 0.246 e. The third kappa shape index (κ3) is 4.55. The van der Waals surface area contributed by atoms with Crippen molar-refractivity contribution >= 4 is 34.0 Å². The first-order valence-corrected chi connectivity index (χ1v) is 8.86. The third-order valence-corrected chi connectivity index (χ3v) is 6.04. The molecule has 1 aliphatic heterocycles. The molecule has 0 radical (unpaired) electrons. The molecule has 0 spiro atoms. The Balaban J connectivity index is 0.00000242. The highest BCUT2D eigenvalue weighted by molar-refractivity contribution is 7.89. The fourth-order valence-electron chi connectivity index (χ4n) is 2.60. The molecular weight excluding hydrogens is 350 g/mol. The van der Waals surface area contributed by atoms with Gasteiger partial charge in [0.05, 0.1) is 0 Å². The smallest absolute Gasteiger partial charge is 0.246 e. The summed E-state index contributed by atoms with van der Waals surface area (Å²) in [5.74, 6) is -0.232. The standard InChI is InChI=1S/C14H20ClFN2O2S.ClH/c1-17-7-4-11-5-8-18(9-6-11)21(19,20)14-10-12(15)2-3-13(14)16;/h2-3,10-11,17H,4-9H2,1H3;1H. The Morgan fingerprint density at radius 3 is 2.59 bits per heavy atom. The number of rotatable bonds is 5. The Bertz CT molecular complexity index is 591. The summed E-state index contributed by atoms with van der Waals surface area (Å²) in [7, 11) is -1.90. The number of hydrogen-bond acceptors (Lipinski definition) is 3. The number of nitrogens with zero attached hydrogens (tertiary/aromatic N) is 1. The second-order valence-corrected chi connectivity index (χ2v) is 7.66. The molecule has 1 aromatic carbocycles. The third-order valence-electron chi connectivity index (χ3n) is 3.89. The van der Waals surface area contributed by atoms with E-state index in [2.05, 4.69) is 5.32 Å². The van der Waals surface area contributed by atoms with Crippen molar-refractivity contribution in [3.63, 3.8) is 0 Å². The van der Waals surface area contributed by atoms with Crippen LogP contribution in [0.2, 0.25) is 5.02 Å². The molecule has 8 heteroatoms. The molecule has 0 aromatic heterocycles. The summed E-state index contributed by atoms with van der Waals surface area (Å²) in [4.78, 5) is -0.330. The highest BCUT2D eigenvalue weighted by Crippen LogP contribution is 2.28. The maximum absolute atomic E-state index is 13.8. The first-order chi connectivity index (χ1) is 9.95. The van der Waals surface area contributed by atoms with Crippen molar-refractivity contribution in [1.82, 2.24) is 9.62 Å². The van der Waals surface area contributed by atoms with Gasteiger partial charge in [0.15, 0.2) is 0 Å². The zero-order valence-corrected chi connectivity index (χ0v) is 14.8. The molecule has 1 fully saturated rings. The molecule has 0 amide bonds. The van der Waals surface area contributed by atoms with Gasteiger partial charge in [0.2, 0.25) is 10.0 Å². The summed E-state index contributed by atoms with van der Waals surface area (Å²) in [5, 5.41) is 3.32. The fourth-order valence-corrected chi connectivity index (χ4v) is 4.40. The second-order valence-electron chi connectivity index (χ2n) is 5.31. The van der Waals surface area contributed by atoms with Crippen molar-refractivity contribution in [3.05, 3.63) is 29.0 Å². The van der Waals surface area contributed by atoms with Crippen LogP contribution in [0.15, 0.2) is 23.1 Å². The molecule has 2 rings (SSSR count). The van der Waals surface area contributed by atoms with Crippen LogP contribution in [0.25, 0.3) is 0 Å². The van der Waals surface area contributed by atoms with E-state index < -0.39 is 15.8 Å². The van der Waals surface area contributed by atoms with E-state index in [1.165, 1.54) is 16.4 Å². The maximum atomic E-state index is 13.8. The largest absolute Gasteiger partial charge is 0.320 e. The summed E-state index contributed by atoms with van der Waals surface area (Å²) in [6.45, 7) is 1.80. The predicted octanol–water partition coefficient (Wildman–Crippen LogP) is 2.91. The Morgan fingerprint density at radius 1 is 1.36 bits per heavy atom. The van der Waals surface area contributed by atoms with Crippen LogP contribution in [0.4, 0.5) is 4.39 Å². The lowest BCUT2D eigenvalue weighted by atomic mass is 9.95. The number of sulfonamides is 1. The molecule has 0 atom stereocenters. The zero-order chi connectivity index (χ0) is 15.5. The Labute approximate surface area is 142 Å². The van der Waals surface area contributed by atoms with Gasteiger partial charge in [-0.1, -0.05) is 11.6 Å². The molecule has 1 saturated heterocycles. The Hall–Kier alpha value is -0.400. The lowest BCUT2D eigenvalue weighted by Crippen LogP contribution is -2.39. The van der Waals surface area contributed by atoms with E-state index in [0.717, 1.165) is 31.9 Å². The van der Waals surface area contributed by atoms with Gasteiger partial charge in [-0.15, -0.1) is 12.4 Å². The van der Waals surface area contributed by atoms with E-state index in [-0.39, 0.29) is 22.3 Å². The van der Waals surface area contributed by atoms with Crippen LogP contribution >= 0.6 is 24.0 Å². The normalized spacial score (nSPS) is 17.2. The van der Waals surface area contributed by atoms with Crippen LogP contribution in [0.5, 0.6) is 0 Å². The number of piperidine rings is 1. The quantitative estimate of drug-likeness (QED) is 0.866. The van der Waals surface area contributed by atoms with Crippen LogP contribution in [-0.2, 0) is 10.0 Å². The van der Waals surface area contributed by atoms with Crippen LogP contribution in [0.1, 0.15) is 19.3 Å². The topological polar surface area (TPSA) is 49.4 Å². The van der Waals surface area contributed by atoms with E-state index in [1.54, 1.807) is 0 Å². The van der Waals surface area contributed by atoms with Crippen molar-refractivity contribution in [1.29, 1.82) is 0 Å². The molecule has 0 aliphatic carbocycles. The summed E-state index contributed by atoms with van der Waals surface area (Å²) in [6.07, 6.45) is 2.65. The molecule has 0 unspecified atom stereocenters. The van der Waals surface area contributed by atoms with Gasteiger partial charge >= 0.3 is 0 Å². The van der Waals surface area contributed by atoms with Crippen molar-refractivity contribution < 1.29 is 12.8 Å². The van der Waals surface area contributed by atoms with Crippen molar-refractivity contribution in [2.24, 2.45) is 5.92 Å². The Morgan fingerprint density at radius 2 is 2.00 bits per heavy atom. The number of benzene rings is 1. The molecule has 0 bridgehead atoms. The molecule has 126 valence electrons. The minimum Gasteiger partial charge on any atom is -0.320 e.